The first-order valence-corrected chi connectivity index (χ1v) is 6.27. The largest absolute Gasteiger partial charge is 0.341 e. The second kappa shape index (κ2) is 4.74. The van der Waals surface area contributed by atoms with Crippen molar-refractivity contribution < 1.29 is 4.79 Å². The summed E-state index contributed by atoms with van der Waals surface area (Å²) in [6.45, 7) is 10.3. The summed E-state index contributed by atoms with van der Waals surface area (Å²) in [7, 11) is 1.85. The molecule has 94 valence electrons. The zero-order valence-electron chi connectivity index (χ0n) is 11.4. The summed E-state index contributed by atoms with van der Waals surface area (Å²) in [5.41, 5.74) is -0.0483. The second-order valence-corrected chi connectivity index (χ2v) is 6.18. The molecule has 0 bridgehead atoms. The first-order chi connectivity index (χ1) is 7.28. The van der Waals surface area contributed by atoms with Crippen LogP contribution in [0.15, 0.2) is 0 Å². The van der Waals surface area contributed by atoms with Gasteiger partial charge in [-0.3, -0.25) is 4.79 Å². The predicted molar refractivity (Wildman–Crippen MR) is 67.4 cm³/mol. The average Bonchev–Trinajstić information content (AvgIpc) is 2.38. The number of nitrogens with one attached hydrogen (secondary N) is 1. The minimum absolute atomic E-state index is 0.229. The molecule has 0 unspecified atom stereocenters. The van der Waals surface area contributed by atoms with Gasteiger partial charge in [0.15, 0.2) is 0 Å². The zero-order chi connectivity index (χ0) is 12.4. The van der Waals surface area contributed by atoms with Gasteiger partial charge in [-0.15, -0.1) is 0 Å². The Morgan fingerprint density at radius 2 is 1.88 bits per heavy atom. The Labute approximate surface area is 99.6 Å². The molecule has 0 saturated carbocycles. The molecule has 0 atom stereocenters. The number of hydrogen-bond donors (Lipinski definition) is 1. The predicted octanol–water partition coefficient (Wildman–Crippen LogP) is 2.02. The number of hydrogen-bond acceptors (Lipinski definition) is 2. The van der Waals surface area contributed by atoms with Gasteiger partial charge in [0.05, 0.1) is 5.54 Å². The summed E-state index contributed by atoms with van der Waals surface area (Å²) in [6.07, 6.45) is 3.45. The highest BCUT2D eigenvalue weighted by atomic mass is 16.2. The van der Waals surface area contributed by atoms with Gasteiger partial charge in [-0.25, -0.2) is 0 Å². The topological polar surface area (TPSA) is 32.3 Å². The van der Waals surface area contributed by atoms with Crippen LogP contribution in [0.3, 0.4) is 0 Å². The van der Waals surface area contributed by atoms with Crippen molar-refractivity contribution in [3.05, 3.63) is 0 Å². The smallest absolute Gasteiger partial charge is 0.242 e. The van der Waals surface area contributed by atoms with Gasteiger partial charge >= 0.3 is 0 Å². The van der Waals surface area contributed by atoms with Crippen LogP contribution in [-0.4, -0.2) is 36.5 Å². The van der Waals surface area contributed by atoms with Crippen molar-refractivity contribution in [2.24, 2.45) is 5.41 Å². The molecule has 3 heteroatoms. The van der Waals surface area contributed by atoms with E-state index in [2.05, 4.69) is 19.2 Å². The summed E-state index contributed by atoms with van der Waals surface area (Å²) in [5, 5.41) is 3.09. The SMILES string of the molecule is CNC(C)(C)C(=O)N1CCCC(C)(C)CC1. The molecule has 1 aliphatic heterocycles. The Morgan fingerprint density at radius 3 is 2.44 bits per heavy atom. The highest BCUT2D eigenvalue weighted by Gasteiger charge is 2.32. The van der Waals surface area contributed by atoms with Crippen molar-refractivity contribution in [1.29, 1.82) is 0 Å². The molecular formula is C13H26N2O. The van der Waals surface area contributed by atoms with Crippen LogP contribution in [0.2, 0.25) is 0 Å². The van der Waals surface area contributed by atoms with Gasteiger partial charge in [-0.2, -0.15) is 0 Å². The fourth-order valence-electron chi connectivity index (χ4n) is 2.13. The van der Waals surface area contributed by atoms with E-state index in [4.69, 9.17) is 0 Å². The first-order valence-electron chi connectivity index (χ1n) is 6.27. The number of nitrogens with zero attached hydrogens (tertiary/aromatic N) is 1. The Balaban J connectivity index is 2.65. The van der Waals surface area contributed by atoms with Crippen LogP contribution in [0, 0.1) is 5.41 Å². The fourth-order valence-corrected chi connectivity index (χ4v) is 2.13. The molecule has 16 heavy (non-hydrogen) atoms. The standard InChI is InChI=1S/C13H26N2O/c1-12(2)7-6-9-15(10-8-12)11(16)13(3,4)14-5/h14H,6-10H2,1-5H3. The average molecular weight is 226 g/mol. The van der Waals surface area contributed by atoms with Crippen LogP contribution in [0.5, 0.6) is 0 Å². The second-order valence-electron chi connectivity index (χ2n) is 6.18. The van der Waals surface area contributed by atoms with Crippen LogP contribution in [-0.2, 0) is 4.79 Å². The van der Waals surface area contributed by atoms with E-state index in [1.165, 1.54) is 6.42 Å². The molecule has 1 heterocycles. The Bertz CT molecular complexity index is 259. The molecular weight excluding hydrogens is 200 g/mol. The van der Waals surface area contributed by atoms with E-state index in [0.29, 0.717) is 5.41 Å². The van der Waals surface area contributed by atoms with E-state index in [1.54, 1.807) is 0 Å². The Kier molecular flexibility index (Phi) is 4.00. The lowest BCUT2D eigenvalue weighted by Gasteiger charge is -2.31. The van der Waals surface area contributed by atoms with Crippen LogP contribution in [0.25, 0.3) is 0 Å². The third-order valence-electron chi connectivity index (χ3n) is 3.79. The van der Waals surface area contributed by atoms with Gasteiger partial charge < -0.3 is 10.2 Å². The molecule has 0 aromatic carbocycles. The summed E-state index contributed by atoms with van der Waals surface area (Å²) in [6, 6.07) is 0. The summed E-state index contributed by atoms with van der Waals surface area (Å²) in [4.78, 5) is 14.3. The number of rotatable bonds is 2. The molecule has 1 rings (SSSR count). The molecule has 0 spiro atoms. The minimum atomic E-state index is -0.436. The van der Waals surface area contributed by atoms with Crippen molar-refractivity contribution in [2.45, 2.75) is 52.5 Å². The van der Waals surface area contributed by atoms with E-state index >= 15 is 0 Å². The summed E-state index contributed by atoms with van der Waals surface area (Å²) >= 11 is 0. The highest BCUT2D eigenvalue weighted by Crippen LogP contribution is 2.30. The lowest BCUT2D eigenvalue weighted by atomic mass is 9.85. The summed E-state index contributed by atoms with van der Waals surface area (Å²) in [5.74, 6) is 0.229. The minimum Gasteiger partial charge on any atom is -0.341 e. The number of likely N-dealkylation sites (tertiary alicyclic amines) is 1. The lowest BCUT2D eigenvalue weighted by molar-refractivity contribution is -0.136. The van der Waals surface area contributed by atoms with Crippen molar-refractivity contribution in [2.75, 3.05) is 20.1 Å². The molecule has 3 nitrogen and oxygen atoms in total. The van der Waals surface area contributed by atoms with Gasteiger partial charge in [-0.05, 0) is 45.6 Å². The Hall–Kier alpha value is -0.570. The van der Waals surface area contributed by atoms with Crippen molar-refractivity contribution in [1.82, 2.24) is 10.2 Å². The summed E-state index contributed by atoms with van der Waals surface area (Å²) < 4.78 is 0. The van der Waals surface area contributed by atoms with Gasteiger partial charge in [-0.1, -0.05) is 13.8 Å². The number of carbonyl (C=O) groups is 1. The fraction of sp³-hybridized carbons (Fsp3) is 0.923. The van der Waals surface area contributed by atoms with Crippen LogP contribution >= 0.6 is 0 Å². The Morgan fingerprint density at radius 1 is 1.25 bits per heavy atom. The van der Waals surface area contributed by atoms with Crippen molar-refractivity contribution in [3.63, 3.8) is 0 Å². The van der Waals surface area contributed by atoms with Gasteiger partial charge in [0.25, 0.3) is 0 Å². The van der Waals surface area contributed by atoms with E-state index in [0.717, 1.165) is 25.9 Å². The number of likely N-dealkylation sites (N-methyl/N-ethyl adjacent to an activating group) is 1. The molecule has 1 saturated heterocycles. The third-order valence-corrected chi connectivity index (χ3v) is 3.79. The first kappa shape index (κ1) is 13.5. The van der Waals surface area contributed by atoms with Gasteiger partial charge in [0.1, 0.15) is 0 Å². The molecule has 0 aromatic heterocycles. The molecule has 0 aliphatic carbocycles. The monoisotopic (exact) mass is 226 g/mol. The van der Waals surface area contributed by atoms with E-state index in [9.17, 15) is 4.79 Å². The number of amides is 1. The van der Waals surface area contributed by atoms with Crippen LogP contribution in [0.4, 0.5) is 0 Å². The van der Waals surface area contributed by atoms with Gasteiger partial charge in [0.2, 0.25) is 5.91 Å². The maximum Gasteiger partial charge on any atom is 0.242 e. The molecule has 1 aliphatic rings. The maximum absolute atomic E-state index is 12.3. The number of carbonyl (C=O) groups excluding carboxylic acids is 1. The molecule has 0 radical (unpaired) electrons. The van der Waals surface area contributed by atoms with Crippen LogP contribution in [0.1, 0.15) is 47.0 Å². The zero-order valence-corrected chi connectivity index (χ0v) is 11.4. The molecule has 1 N–H and O–H groups in total. The maximum atomic E-state index is 12.3. The third kappa shape index (κ3) is 3.21. The normalized spacial score (nSPS) is 21.7. The van der Waals surface area contributed by atoms with E-state index < -0.39 is 5.54 Å². The molecule has 1 amide bonds. The quantitative estimate of drug-likeness (QED) is 0.781. The van der Waals surface area contributed by atoms with Gasteiger partial charge in [0, 0.05) is 13.1 Å². The van der Waals surface area contributed by atoms with E-state index in [1.807, 2.05) is 25.8 Å². The van der Waals surface area contributed by atoms with Crippen LogP contribution < -0.4 is 5.32 Å². The molecule has 0 aromatic rings. The van der Waals surface area contributed by atoms with Crippen molar-refractivity contribution >= 4 is 5.91 Å². The highest BCUT2D eigenvalue weighted by molar-refractivity contribution is 5.85. The lowest BCUT2D eigenvalue weighted by Crippen LogP contribution is -2.53. The van der Waals surface area contributed by atoms with Crippen molar-refractivity contribution in [3.8, 4) is 0 Å². The van der Waals surface area contributed by atoms with E-state index in [-0.39, 0.29) is 5.91 Å². The molecule has 1 fully saturated rings.